The Morgan fingerprint density at radius 2 is 1.90 bits per heavy atom. The van der Waals surface area contributed by atoms with Crippen LogP contribution in [0.15, 0.2) is 0 Å². The number of hydroxylamine groups is 2. The molecule has 3 heteroatoms. The molecule has 3 nitrogen and oxygen atoms in total. The molecule has 0 fully saturated rings. The normalized spacial score (nSPS) is 12.6. The van der Waals surface area contributed by atoms with Crippen LogP contribution >= 0.6 is 0 Å². The lowest BCUT2D eigenvalue weighted by molar-refractivity contribution is -0.151. The van der Waals surface area contributed by atoms with Gasteiger partial charge in [-0.15, -0.1) is 0 Å². The Morgan fingerprint density at radius 3 is 2.20 bits per heavy atom. The number of aliphatic hydroxyl groups excluding tert-OH is 1. The molecule has 0 saturated carbocycles. The first-order valence-corrected chi connectivity index (χ1v) is 3.39. The third kappa shape index (κ3) is 4.73. The molecule has 0 aromatic rings. The smallest absolute Gasteiger partial charge is 0.0757 e. The van der Waals surface area contributed by atoms with E-state index in [-0.39, 0.29) is 12.0 Å². The van der Waals surface area contributed by atoms with Gasteiger partial charge in [0.25, 0.3) is 0 Å². The molecule has 0 spiro atoms. The molecule has 0 aromatic heterocycles. The number of rotatable bonds is 4. The lowest BCUT2D eigenvalue weighted by Gasteiger charge is -2.23. The van der Waals surface area contributed by atoms with E-state index in [0.717, 1.165) is 0 Å². The highest BCUT2D eigenvalue weighted by Crippen LogP contribution is 2.13. The van der Waals surface area contributed by atoms with Gasteiger partial charge in [-0.05, 0) is 0 Å². The zero-order valence-corrected chi connectivity index (χ0v) is 7.22. The fraction of sp³-hybridized carbons (Fsp3) is 1.00. The Balaban J connectivity index is 3.46. The van der Waals surface area contributed by atoms with Gasteiger partial charge in [-0.2, -0.15) is 5.06 Å². The van der Waals surface area contributed by atoms with Gasteiger partial charge in [0.15, 0.2) is 0 Å². The molecule has 10 heavy (non-hydrogen) atoms. The van der Waals surface area contributed by atoms with Crippen LogP contribution in [0.1, 0.15) is 13.8 Å². The summed E-state index contributed by atoms with van der Waals surface area (Å²) >= 11 is 0. The molecule has 62 valence electrons. The van der Waals surface area contributed by atoms with Crippen LogP contribution in [0.5, 0.6) is 0 Å². The Kier molecular flexibility index (Phi) is 3.86. The molecule has 0 aromatic carbocycles. The van der Waals surface area contributed by atoms with Gasteiger partial charge in [0, 0.05) is 19.5 Å². The summed E-state index contributed by atoms with van der Waals surface area (Å²) in [4.78, 5) is 5.17. The van der Waals surface area contributed by atoms with Gasteiger partial charge in [0.1, 0.15) is 0 Å². The lowest BCUT2D eigenvalue weighted by atomic mass is 9.97. The molecule has 0 radical (unpaired) electrons. The summed E-state index contributed by atoms with van der Waals surface area (Å²) in [7, 11) is 3.65. The molecule has 0 aliphatic carbocycles. The topological polar surface area (TPSA) is 32.7 Å². The van der Waals surface area contributed by atoms with Crippen molar-refractivity contribution in [3.05, 3.63) is 0 Å². The van der Waals surface area contributed by atoms with Gasteiger partial charge in [-0.1, -0.05) is 13.8 Å². The maximum absolute atomic E-state index is 8.81. The summed E-state index contributed by atoms with van der Waals surface area (Å²) in [5.74, 6) is 0. The van der Waals surface area contributed by atoms with Crippen molar-refractivity contribution in [3.8, 4) is 0 Å². The van der Waals surface area contributed by atoms with Gasteiger partial charge >= 0.3 is 0 Å². The van der Waals surface area contributed by atoms with E-state index in [0.29, 0.717) is 6.61 Å². The van der Waals surface area contributed by atoms with E-state index in [9.17, 15) is 0 Å². The Morgan fingerprint density at radius 1 is 1.40 bits per heavy atom. The van der Waals surface area contributed by atoms with E-state index < -0.39 is 0 Å². The first-order valence-electron chi connectivity index (χ1n) is 3.39. The minimum atomic E-state index is -0.135. The maximum atomic E-state index is 8.81. The van der Waals surface area contributed by atoms with Crippen molar-refractivity contribution in [1.82, 2.24) is 5.06 Å². The molecule has 0 heterocycles. The molecular formula is C7H17NO2. The van der Waals surface area contributed by atoms with Crippen LogP contribution in [0.25, 0.3) is 0 Å². The van der Waals surface area contributed by atoms with Gasteiger partial charge in [0.2, 0.25) is 0 Å². The summed E-state index contributed by atoms with van der Waals surface area (Å²) in [6.07, 6.45) is 0. The van der Waals surface area contributed by atoms with Crippen LogP contribution in [-0.4, -0.2) is 37.5 Å². The monoisotopic (exact) mass is 147 g/mol. The van der Waals surface area contributed by atoms with Crippen LogP contribution in [0, 0.1) is 5.41 Å². The minimum Gasteiger partial charge on any atom is -0.396 e. The van der Waals surface area contributed by atoms with E-state index in [2.05, 4.69) is 0 Å². The Bertz CT molecular complexity index is 91.6. The van der Waals surface area contributed by atoms with Crippen LogP contribution < -0.4 is 0 Å². The number of hydrogen-bond acceptors (Lipinski definition) is 3. The zero-order valence-electron chi connectivity index (χ0n) is 7.22. The second kappa shape index (κ2) is 3.91. The van der Waals surface area contributed by atoms with Crippen molar-refractivity contribution < 1.29 is 9.94 Å². The van der Waals surface area contributed by atoms with Crippen molar-refractivity contribution >= 4 is 0 Å². The van der Waals surface area contributed by atoms with Crippen molar-refractivity contribution in [2.75, 3.05) is 27.3 Å². The van der Waals surface area contributed by atoms with Crippen molar-refractivity contribution in [2.45, 2.75) is 13.8 Å². The van der Waals surface area contributed by atoms with Gasteiger partial charge in [0.05, 0.1) is 13.2 Å². The summed E-state index contributed by atoms with van der Waals surface area (Å²) in [6.45, 7) is 4.62. The Labute approximate surface area is 62.6 Å². The second-order valence-corrected chi connectivity index (χ2v) is 3.41. The quantitative estimate of drug-likeness (QED) is 0.588. The highest BCUT2D eigenvalue weighted by atomic mass is 16.7. The van der Waals surface area contributed by atoms with Gasteiger partial charge < -0.3 is 5.11 Å². The second-order valence-electron chi connectivity index (χ2n) is 3.41. The number of nitrogens with zero attached hydrogens (tertiary/aromatic N) is 1. The number of aliphatic hydroxyl groups is 1. The highest BCUT2D eigenvalue weighted by molar-refractivity contribution is 4.64. The summed E-state index contributed by atoms with van der Waals surface area (Å²) in [6, 6.07) is 0. The molecule has 0 amide bonds. The average molecular weight is 147 g/mol. The molecule has 0 aliphatic rings. The summed E-state index contributed by atoms with van der Waals surface area (Å²) in [5, 5.41) is 10.4. The standard InChI is InChI=1S/C7H17NO2/c1-7(2,5-9)6-10-8(3)4/h9H,5-6H2,1-4H3. The molecular weight excluding hydrogens is 130 g/mol. The molecule has 0 atom stereocenters. The largest absolute Gasteiger partial charge is 0.396 e. The molecule has 0 unspecified atom stereocenters. The third-order valence-electron chi connectivity index (χ3n) is 1.14. The molecule has 1 N–H and O–H groups in total. The summed E-state index contributed by atoms with van der Waals surface area (Å²) < 4.78 is 0. The fourth-order valence-electron chi connectivity index (χ4n) is 0.349. The van der Waals surface area contributed by atoms with E-state index in [1.54, 1.807) is 5.06 Å². The van der Waals surface area contributed by atoms with Crippen LogP contribution in [-0.2, 0) is 4.84 Å². The third-order valence-corrected chi connectivity index (χ3v) is 1.14. The highest BCUT2D eigenvalue weighted by Gasteiger charge is 2.16. The molecule has 0 bridgehead atoms. The average Bonchev–Trinajstić information content (AvgIpc) is 1.85. The van der Waals surface area contributed by atoms with E-state index in [1.165, 1.54) is 0 Å². The maximum Gasteiger partial charge on any atom is 0.0757 e. The predicted octanol–water partition coefficient (Wildman–Crippen LogP) is 0.498. The van der Waals surface area contributed by atoms with Crippen molar-refractivity contribution in [1.29, 1.82) is 0 Å². The summed E-state index contributed by atoms with van der Waals surface area (Å²) in [5.41, 5.74) is -0.135. The van der Waals surface area contributed by atoms with Gasteiger partial charge in [-0.3, -0.25) is 4.84 Å². The van der Waals surface area contributed by atoms with Crippen molar-refractivity contribution in [3.63, 3.8) is 0 Å². The minimum absolute atomic E-state index is 0.135. The lowest BCUT2D eigenvalue weighted by Crippen LogP contribution is -2.27. The van der Waals surface area contributed by atoms with Crippen LogP contribution in [0.2, 0.25) is 0 Å². The fourth-order valence-corrected chi connectivity index (χ4v) is 0.349. The molecule has 0 rings (SSSR count). The first kappa shape index (κ1) is 9.88. The van der Waals surface area contributed by atoms with Gasteiger partial charge in [-0.25, -0.2) is 0 Å². The number of hydrogen-bond donors (Lipinski definition) is 1. The van der Waals surface area contributed by atoms with E-state index in [4.69, 9.17) is 9.94 Å². The molecule has 0 aliphatic heterocycles. The predicted molar refractivity (Wildman–Crippen MR) is 40.5 cm³/mol. The molecule has 0 saturated heterocycles. The van der Waals surface area contributed by atoms with Crippen LogP contribution in [0.3, 0.4) is 0 Å². The SMILES string of the molecule is CN(C)OCC(C)(C)CO. The first-order chi connectivity index (χ1) is 4.48. The Hall–Kier alpha value is -0.120. The van der Waals surface area contributed by atoms with Crippen molar-refractivity contribution in [2.24, 2.45) is 5.41 Å². The zero-order chi connectivity index (χ0) is 8.20. The van der Waals surface area contributed by atoms with E-state index >= 15 is 0 Å². The van der Waals surface area contributed by atoms with E-state index in [1.807, 2.05) is 27.9 Å². The van der Waals surface area contributed by atoms with Crippen LogP contribution in [0.4, 0.5) is 0 Å².